The summed E-state index contributed by atoms with van der Waals surface area (Å²) in [6.45, 7) is 0. The van der Waals surface area contributed by atoms with Gasteiger partial charge in [0.1, 0.15) is 0 Å². The van der Waals surface area contributed by atoms with E-state index < -0.39 is 20.3 Å². The summed E-state index contributed by atoms with van der Waals surface area (Å²) in [7, 11) is 16.7. The van der Waals surface area contributed by atoms with Gasteiger partial charge in [-0.1, -0.05) is 0 Å². The standard InChI is InChI=1S/5BrH.Eu/h5*1H;/q;;;;;+5/p-5. The van der Waals surface area contributed by atoms with Crippen molar-refractivity contribution in [2.24, 2.45) is 0 Å². The molecule has 0 aliphatic rings. The molecule has 0 aromatic heterocycles. The van der Waals surface area contributed by atoms with E-state index in [0.717, 1.165) is 0 Å². The summed E-state index contributed by atoms with van der Waals surface area (Å²) in [6, 6.07) is 0. The van der Waals surface area contributed by atoms with E-state index in [1.54, 1.807) is 0 Å². The average molecular weight is 551 g/mol. The van der Waals surface area contributed by atoms with Crippen LogP contribution in [0, 0.1) is 20.3 Å². The average Bonchev–Trinajstić information content (AvgIpc) is 0.650. The molecule has 0 heterocycles. The summed E-state index contributed by atoms with van der Waals surface area (Å²) in [5.41, 5.74) is 0. The predicted molar refractivity (Wildman–Crippen MR) is 44.6 cm³/mol. The molecule has 0 rings (SSSR count). The first-order valence-corrected chi connectivity index (χ1v) is 27.5. The Labute approximate surface area is 52.3 Å². The Balaban J connectivity index is 3.73. The summed E-state index contributed by atoms with van der Waals surface area (Å²) in [6.07, 6.45) is 0. The van der Waals surface area contributed by atoms with Crippen molar-refractivity contribution in [1.82, 2.24) is 0 Å². The van der Waals surface area contributed by atoms with Gasteiger partial charge in [-0.2, -0.15) is 0 Å². The Hall–Kier alpha value is 3.98. The molecular weight excluding hydrogens is 551 g/mol. The molecule has 0 saturated carbocycles. The van der Waals surface area contributed by atoms with E-state index in [1.807, 2.05) is 0 Å². The van der Waals surface area contributed by atoms with Gasteiger partial charge in [-0.15, -0.1) is 0 Å². The minimum atomic E-state index is -2.64. The third-order valence-electron chi connectivity index (χ3n) is 0. The first-order valence-electron chi connectivity index (χ1n) is 0.714. The molecule has 0 atom stereocenters. The molecule has 0 N–H and O–H groups in total. The molecule has 0 aromatic rings. The molecule has 0 radical (unpaired) electrons. The third kappa shape index (κ3) is 24.5. The second-order valence-electron chi connectivity index (χ2n) is 0.540. The van der Waals surface area contributed by atoms with Gasteiger partial charge in [0.2, 0.25) is 0 Å². The Bertz CT molecular complexity index is 37.1. The van der Waals surface area contributed by atoms with Crippen LogP contribution in [0.1, 0.15) is 0 Å². The Morgan fingerprint density at radius 2 is 0.667 bits per heavy atom. The van der Waals surface area contributed by atoms with Crippen LogP contribution in [0.3, 0.4) is 0 Å². The fraction of sp³-hybridized carbons (Fsp3) is 0. The first kappa shape index (κ1) is 9.98. The zero-order valence-electron chi connectivity index (χ0n) is 2.27. The Morgan fingerprint density at radius 1 is 0.667 bits per heavy atom. The summed E-state index contributed by atoms with van der Waals surface area (Å²) >= 11 is -2.64. The summed E-state index contributed by atoms with van der Waals surface area (Å²) in [4.78, 5) is 0. The molecule has 0 saturated heterocycles. The zero-order valence-corrected chi connectivity index (χ0v) is 12.6. The topological polar surface area (TPSA) is 0 Å². The van der Waals surface area contributed by atoms with Crippen LogP contribution in [-0.4, -0.2) is 0 Å². The molecule has 0 bridgehead atoms. The van der Waals surface area contributed by atoms with Crippen molar-refractivity contribution in [3.05, 3.63) is 0 Å². The second kappa shape index (κ2) is 2.93. The van der Waals surface area contributed by atoms with Gasteiger partial charge in [0, 0.05) is 0 Å². The van der Waals surface area contributed by atoms with Gasteiger partial charge in [0.25, 0.3) is 0 Å². The van der Waals surface area contributed by atoms with Crippen molar-refractivity contribution in [2.75, 3.05) is 0 Å². The zero-order chi connectivity index (χ0) is 5.45. The van der Waals surface area contributed by atoms with Gasteiger partial charge in [0.05, 0.1) is 0 Å². The van der Waals surface area contributed by atoms with Crippen LogP contribution in [0.2, 0.25) is 0 Å². The predicted octanol–water partition coefficient (Wildman–Crippen LogP) is 4.23. The van der Waals surface area contributed by atoms with E-state index >= 15 is 0 Å². The van der Waals surface area contributed by atoms with Crippen molar-refractivity contribution in [3.63, 3.8) is 0 Å². The monoisotopic (exact) mass is 548 g/mol. The van der Waals surface area contributed by atoms with Gasteiger partial charge in [0.15, 0.2) is 0 Å². The third-order valence-corrected chi connectivity index (χ3v) is 0. The molecule has 0 aliphatic heterocycles. The number of halogens is 5. The maximum atomic E-state index is 3.35. The quantitative estimate of drug-likeness (QED) is 0.423. The molecule has 0 aliphatic carbocycles. The van der Waals surface area contributed by atoms with Crippen molar-refractivity contribution in [2.45, 2.75) is 0 Å². The van der Waals surface area contributed by atoms with E-state index in [1.165, 1.54) is 0 Å². The van der Waals surface area contributed by atoms with Gasteiger partial charge < -0.3 is 0 Å². The van der Waals surface area contributed by atoms with E-state index in [2.05, 4.69) is 35.3 Å². The van der Waals surface area contributed by atoms with Crippen molar-refractivity contribution in [1.29, 1.82) is 0 Å². The van der Waals surface area contributed by atoms with Crippen LogP contribution in [0.25, 0.3) is 0 Å². The number of hydrogen-bond donors (Lipinski definition) is 0. The normalized spacial score (nSPS) is 19.2. The Morgan fingerprint density at radius 3 is 0.667 bits per heavy atom. The fourth-order valence-electron chi connectivity index (χ4n) is 0. The molecule has 0 nitrogen and oxygen atoms in total. The Kier molecular flexibility index (Phi) is 4.87. The summed E-state index contributed by atoms with van der Waals surface area (Å²) in [5.74, 6) is 0. The molecule has 0 unspecified atom stereocenters. The van der Waals surface area contributed by atoms with Crippen LogP contribution >= 0.6 is 35.3 Å². The van der Waals surface area contributed by atoms with E-state index in [4.69, 9.17) is 0 Å². The molecule has 0 aromatic carbocycles. The van der Waals surface area contributed by atoms with Crippen LogP contribution in [-0.2, 0) is 0 Å². The second-order valence-corrected chi connectivity index (χ2v) is 108. The van der Waals surface area contributed by atoms with Gasteiger partial charge in [-0.3, -0.25) is 0 Å². The molecule has 42 valence electrons. The van der Waals surface area contributed by atoms with E-state index in [-0.39, 0.29) is 0 Å². The molecule has 6 heavy (non-hydrogen) atoms. The van der Waals surface area contributed by atoms with Crippen LogP contribution < -0.4 is 0 Å². The van der Waals surface area contributed by atoms with Crippen molar-refractivity contribution < 1.29 is 20.3 Å². The van der Waals surface area contributed by atoms with Gasteiger partial charge in [-0.05, 0) is 0 Å². The van der Waals surface area contributed by atoms with E-state index in [0.29, 0.717) is 0 Å². The number of rotatable bonds is 0. The van der Waals surface area contributed by atoms with Gasteiger partial charge in [-0.25, -0.2) is 0 Å². The van der Waals surface area contributed by atoms with E-state index in [9.17, 15) is 0 Å². The molecule has 6 heteroatoms. The molecule has 0 amide bonds. The molecule has 0 fully saturated rings. The first-order chi connectivity index (χ1) is 2.24. The summed E-state index contributed by atoms with van der Waals surface area (Å²) in [5, 5.41) is 0. The van der Waals surface area contributed by atoms with Crippen molar-refractivity contribution in [3.8, 4) is 0 Å². The fourth-order valence-corrected chi connectivity index (χ4v) is 0. The molecule has 0 spiro atoms. The van der Waals surface area contributed by atoms with Crippen LogP contribution in [0.4, 0.5) is 0 Å². The van der Waals surface area contributed by atoms with Gasteiger partial charge >= 0.3 is 55.6 Å². The number of hydrogen-bond acceptors (Lipinski definition) is 0. The summed E-state index contributed by atoms with van der Waals surface area (Å²) < 4.78 is 0. The van der Waals surface area contributed by atoms with Crippen molar-refractivity contribution >= 4 is 35.3 Å². The minimum absolute atomic E-state index is 2.64. The van der Waals surface area contributed by atoms with Crippen LogP contribution in [0.5, 0.6) is 0 Å². The van der Waals surface area contributed by atoms with Crippen LogP contribution in [0.15, 0.2) is 0 Å². The SMILES string of the molecule is [Br][Eu]([Br])([Br])([Br])[Br]. The molecular formula is Br5Eu. The maximum absolute atomic E-state index is 3.35.